The van der Waals surface area contributed by atoms with E-state index in [1.165, 1.54) is 0 Å². The Labute approximate surface area is 126 Å². The van der Waals surface area contributed by atoms with Gasteiger partial charge in [0.2, 0.25) is 0 Å². The molecule has 1 heterocycles. The van der Waals surface area contributed by atoms with Crippen molar-refractivity contribution in [3.63, 3.8) is 0 Å². The first-order valence-electron chi connectivity index (χ1n) is 6.23. The Morgan fingerprint density at radius 1 is 1.20 bits per heavy atom. The van der Waals surface area contributed by atoms with Crippen LogP contribution in [0.5, 0.6) is 0 Å². The molecule has 4 nitrogen and oxygen atoms in total. The third-order valence-electron chi connectivity index (χ3n) is 2.97. The van der Waals surface area contributed by atoms with Crippen LogP contribution in [0.4, 0.5) is 11.5 Å². The zero-order valence-electron chi connectivity index (χ0n) is 11.6. The molecule has 20 heavy (non-hydrogen) atoms. The molecule has 0 atom stereocenters. The van der Waals surface area contributed by atoms with E-state index in [4.69, 9.17) is 0 Å². The molecule has 1 aromatic heterocycles. The van der Waals surface area contributed by atoms with Gasteiger partial charge in [-0.1, -0.05) is 15.9 Å². The van der Waals surface area contributed by atoms with Crippen LogP contribution in [0.25, 0.3) is 0 Å². The van der Waals surface area contributed by atoms with Crippen LogP contribution in [0.1, 0.15) is 21.5 Å². The molecule has 0 unspecified atom stereocenters. The Kier molecular flexibility index (Phi) is 4.39. The van der Waals surface area contributed by atoms with Crippen LogP contribution in [0.15, 0.2) is 34.9 Å². The first kappa shape index (κ1) is 14.5. The maximum absolute atomic E-state index is 12.2. The fourth-order valence-electron chi connectivity index (χ4n) is 1.93. The van der Waals surface area contributed by atoms with E-state index in [2.05, 4.69) is 31.5 Å². The number of rotatable bonds is 3. The maximum Gasteiger partial charge on any atom is 0.255 e. The number of benzene rings is 1. The van der Waals surface area contributed by atoms with Gasteiger partial charge in [0.1, 0.15) is 5.82 Å². The molecule has 0 bridgehead atoms. The molecule has 0 aliphatic rings. The number of carbonyl (C=O) groups excluding carboxylic acids is 1. The number of nitrogens with zero attached hydrogens (tertiary/aromatic N) is 1. The number of hydrogen-bond donors (Lipinski definition) is 2. The van der Waals surface area contributed by atoms with E-state index in [0.29, 0.717) is 11.4 Å². The lowest BCUT2D eigenvalue weighted by Crippen LogP contribution is -2.12. The first-order chi connectivity index (χ1) is 9.51. The van der Waals surface area contributed by atoms with Crippen molar-refractivity contribution in [1.82, 2.24) is 4.98 Å². The molecule has 0 aliphatic carbocycles. The van der Waals surface area contributed by atoms with Gasteiger partial charge in [-0.15, -0.1) is 0 Å². The number of hydrogen-bond acceptors (Lipinski definition) is 3. The second-order valence-electron chi connectivity index (χ2n) is 4.56. The molecule has 5 heteroatoms. The summed E-state index contributed by atoms with van der Waals surface area (Å²) in [7, 11) is 1.77. The Morgan fingerprint density at radius 2 is 1.85 bits per heavy atom. The van der Waals surface area contributed by atoms with Crippen molar-refractivity contribution in [1.29, 1.82) is 0 Å². The predicted octanol–water partition coefficient (Wildman–Crippen LogP) is 3.75. The second-order valence-corrected chi connectivity index (χ2v) is 5.35. The molecular formula is C15H16BrN3O. The van der Waals surface area contributed by atoms with Gasteiger partial charge in [0.15, 0.2) is 0 Å². The molecular weight excluding hydrogens is 318 g/mol. The van der Waals surface area contributed by atoms with Crippen molar-refractivity contribution in [3.05, 3.63) is 51.6 Å². The topological polar surface area (TPSA) is 54.0 Å². The lowest BCUT2D eigenvalue weighted by molar-refractivity contribution is 0.102. The fourth-order valence-corrected chi connectivity index (χ4v) is 2.16. The van der Waals surface area contributed by atoms with Crippen molar-refractivity contribution < 1.29 is 4.79 Å². The van der Waals surface area contributed by atoms with Gasteiger partial charge >= 0.3 is 0 Å². The lowest BCUT2D eigenvalue weighted by Gasteiger charge is -2.10. The van der Waals surface area contributed by atoms with Crippen molar-refractivity contribution in [2.75, 3.05) is 17.7 Å². The highest BCUT2D eigenvalue weighted by Crippen LogP contribution is 2.25. The van der Waals surface area contributed by atoms with Gasteiger partial charge in [-0.05, 0) is 49.2 Å². The third kappa shape index (κ3) is 3.17. The molecule has 0 spiro atoms. The van der Waals surface area contributed by atoms with Crippen LogP contribution in [0, 0.1) is 13.8 Å². The molecule has 2 aromatic rings. The van der Waals surface area contributed by atoms with Crippen molar-refractivity contribution >= 4 is 33.3 Å². The number of aryl methyl sites for hydroxylation is 2. The molecule has 1 aromatic carbocycles. The number of aromatic nitrogens is 1. The van der Waals surface area contributed by atoms with Crippen LogP contribution < -0.4 is 10.6 Å². The van der Waals surface area contributed by atoms with Crippen LogP contribution in [0.3, 0.4) is 0 Å². The zero-order chi connectivity index (χ0) is 14.7. The molecule has 0 aliphatic heterocycles. The molecule has 0 saturated carbocycles. The zero-order valence-corrected chi connectivity index (χ0v) is 13.2. The van der Waals surface area contributed by atoms with E-state index in [9.17, 15) is 4.79 Å². The van der Waals surface area contributed by atoms with Crippen LogP contribution in [0.2, 0.25) is 0 Å². The monoisotopic (exact) mass is 333 g/mol. The van der Waals surface area contributed by atoms with Crippen molar-refractivity contribution in [3.8, 4) is 0 Å². The standard InChI is InChI=1S/C15H16BrN3O/c1-9-6-12(7-10(2)14(9)16)19-15(20)11-4-5-18-13(8-11)17-3/h4-8H,1-3H3,(H,17,18)(H,19,20). The number of carbonyl (C=O) groups is 1. The minimum Gasteiger partial charge on any atom is -0.373 e. The SMILES string of the molecule is CNc1cc(C(=O)Nc2cc(C)c(Br)c(C)c2)ccn1. The van der Waals surface area contributed by atoms with E-state index < -0.39 is 0 Å². The third-order valence-corrected chi connectivity index (χ3v) is 4.22. The van der Waals surface area contributed by atoms with Gasteiger partial charge in [0.25, 0.3) is 5.91 Å². The lowest BCUT2D eigenvalue weighted by atomic mass is 10.1. The predicted molar refractivity (Wildman–Crippen MR) is 85.4 cm³/mol. The molecule has 0 saturated heterocycles. The summed E-state index contributed by atoms with van der Waals surface area (Å²) >= 11 is 3.51. The minimum absolute atomic E-state index is 0.148. The number of nitrogens with one attached hydrogen (secondary N) is 2. The summed E-state index contributed by atoms with van der Waals surface area (Å²) in [5.74, 6) is 0.519. The maximum atomic E-state index is 12.2. The molecule has 1 amide bonds. The van der Waals surface area contributed by atoms with Crippen LogP contribution in [-0.4, -0.2) is 17.9 Å². The van der Waals surface area contributed by atoms with E-state index in [1.54, 1.807) is 25.4 Å². The summed E-state index contributed by atoms with van der Waals surface area (Å²) in [5.41, 5.74) is 3.54. The van der Waals surface area contributed by atoms with Crippen LogP contribution in [-0.2, 0) is 0 Å². The quantitative estimate of drug-likeness (QED) is 0.899. The van der Waals surface area contributed by atoms with Crippen molar-refractivity contribution in [2.24, 2.45) is 0 Å². The average Bonchev–Trinajstić information content (AvgIpc) is 2.44. The Balaban J connectivity index is 2.23. The largest absolute Gasteiger partial charge is 0.373 e. The Hall–Kier alpha value is -1.88. The fraction of sp³-hybridized carbons (Fsp3) is 0.200. The molecule has 0 fully saturated rings. The van der Waals surface area contributed by atoms with E-state index in [0.717, 1.165) is 21.3 Å². The van der Waals surface area contributed by atoms with Gasteiger partial charge in [-0.3, -0.25) is 4.79 Å². The summed E-state index contributed by atoms with van der Waals surface area (Å²) in [5, 5.41) is 5.82. The number of anilines is 2. The van der Waals surface area contributed by atoms with E-state index in [1.807, 2.05) is 26.0 Å². The number of halogens is 1. The number of pyridine rings is 1. The summed E-state index contributed by atoms with van der Waals surface area (Å²) in [6.45, 7) is 4.00. The van der Waals surface area contributed by atoms with Crippen molar-refractivity contribution in [2.45, 2.75) is 13.8 Å². The summed E-state index contributed by atoms with van der Waals surface area (Å²) in [6.07, 6.45) is 1.61. The van der Waals surface area contributed by atoms with Crippen LogP contribution >= 0.6 is 15.9 Å². The second kappa shape index (κ2) is 6.05. The molecule has 104 valence electrons. The van der Waals surface area contributed by atoms with E-state index >= 15 is 0 Å². The van der Waals surface area contributed by atoms with Gasteiger partial charge in [0.05, 0.1) is 0 Å². The molecule has 2 N–H and O–H groups in total. The molecule has 0 radical (unpaired) electrons. The van der Waals surface area contributed by atoms with Gasteiger partial charge < -0.3 is 10.6 Å². The molecule has 2 rings (SSSR count). The minimum atomic E-state index is -0.148. The van der Waals surface area contributed by atoms with E-state index in [-0.39, 0.29) is 5.91 Å². The van der Waals surface area contributed by atoms with Gasteiger partial charge in [0, 0.05) is 29.0 Å². The smallest absolute Gasteiger partial charge is 0.255 e. The summed E-state index contributed by atoms with van der Waals surface area (Å²) in [6, 6.07) is 7.28. The number of amides is 1. The summed E-state index contributed by atoms with van der Waals surface area (Å²) in [4.78, 5) is 16.3. The highest BCUT2D eigenvalue weighted by atomic mass is 79.9. The highest BCUT2D eigenvalue weighted by molar-refractivity contribution is 9.10. The Morgan fingerprint density at radius 3 is 2.45 bits per heavy atom. The van der Waals surface area contributed by atoms with Gasteiger partial charge in [-0.25, -0.2) is 4.98 Å². The highest BCUT2D eigenvalue weighted by Gasteiger charge is 2.09. The van der Waals surface area contributed by atoms with Gasteiger partial charge in [-0.2, -0.15) is 0 Å². The average molecular weight is 334 g/mol. The summed E-state index contributed by atoms with van der Waals surface area (Å²) < 4.78 is 1.07. The normalized spacial score (nSPS) is 10.2. The Bertz CT molecular complexity index is 632. The first-order valence-corrected chi connectivity index (χ1v) is 7.02.